The van der Waals surface area contributed by atoms with Gasteiger partial charge in [0.25, 0.3) is 0 Å². The van der Waals surface area contributed by atoms with E-state index in [4.69, 9.17) is 5.73 Å². The lowest BCUT2D eigenvalue weighted by atomic mass is 10.1. The third-order valence-corrected chi connectivity index (χ3v) is 2.18. The molecule has 1 amide bonds. The molecule has 3 N–H and O–H groups in total. The van der Waals surface area contributed by atoms with E-state index in [0.717, 1.165) is 0 Å². The quantitative estimate of drug-likeness (QED) is 0.686. The fraction of sp³-hybridized carbons (Fsp3) is 0.857. The Morgan fingerprint density at radius 2 is 2.00 bits per heavy atom. The molecule has 13 heavy (non-hydrogen) atoms. The minimum atomic E-state index is -4.35. The molecule has 1 saturated carbocycles. The Kier molecular flexibility index (Phi) is 2.51. The highest BCUT2D eigenvalue weighted by Gasteiger charge is 2.49. The van der Waals surface area contributed by atoms with Gasteiger partial charge in [0.2, 0.25) is 5.91 Å². The van der Waals surface area contributed by atoms with Crippen LogP contribution in [0.2, 0.25) is 0 Å². The van der Waals surface area contributed by atoms with Crippen molar-refractivity contribution >= 4 is 5.91 Å². The second-order valence-corrected chi connectivity index (χ2v) is 3.28. The van der Waals surface area contributed by atoms with Crippen LogP contribution in [-0.4, -0.2) is 25.2 Å². The summed E-state index contributed by atoms with van der Waals surface area (Å²) in [6, 6.07) is 0. The van der Waals surface area contributed by atoms with Gasteiger partial charge in [0.1, 0.15) is 6.54 Å². The zero-order chi connectivity index (χ0) is 10.1. The molecule has 0 unspecified atom stereocenters. The molecular weight excluding hydrogens is 185 g/mol. The third-order valence-electron chi connectivity index (χ3n) is 2.18. The minimum absolute atomic E-state index is 0.122. The van der Waals surface area contributed by atoms with Crippen molar-refractivity contribution in [2.75, 3.05) is 13.1 Å². The standard InChI is InChI=1S/C7H11F3N2O/c8-7(9,10)4-12-5(13)6(3-11)1-2-6/h1-4,11H2,(H,12,13). The maximum absolute atomic E-state index is 11.7. The van der Waals surface area contributed by atoms with E-state index in [1.807, 2.05) is 5.32 Å². The summed E-state index contributed by atoms with van der Waals surface area (Å²) in [7, 11) is 0. The number of rotatable bonds is 3. The highest BCUT2D eigenvalue weighted by atomic mass is 19.4. The Morgan fingerprint density at radius 3 is 2.31 bits per heavy atom. The molecule has 0 bridgehead atoms. The monoisotopic (exact) mass is 196 g/mol. The normalized spacial score (nSPS) is 19.7. The van der Waals surface area contributed by atoms with Crippen LogP contribution >= 0.6 is 0 Å². The predicted octanol–water partition coefficient (Wildman–Crippen LogP) is 0.404. The molecule has 0 atom stereocenters. The van der Waals surface area contributed by atoms with Crippen molar-refractivity contribution in [3.8, 4) is 0 Å². The van der Waals surface area contributed by atoms with Gasteiger partial charge in [0, 0.05) is 6.54 Å². The maximum Gasteiger partial charge on any atom is 0.405 e. The van der Waals surface area contributed by atoms with Gasteiger partial charge in [0.05, 0.1) is 5.41 Å². The Labute approximate surface area is 73.5 Å². The number of alkyl halides is 3. The van der Waals surface area contributed by atoms with Crippen molar-refractivity contribution in [2.45, 2.75) is 19.0 Å². The van der Waals surface area contributed by atoms with E-state index < -0.39 is 24.0 Å². The number of hydrogen-bond acceptors (Lipinski definition) is 2. The molecule has 0 saturated heterocycles. The van der Waals surface area contributed by atoms with E-state index in [9.17, 15) is 18.0 Å². The largest absolute Gasteiger partial charge is 0.405 e. The van der Waals surface area contributed by atoms with Crippen LogP contribution in [0.15, 0.2) is 0 Å². The summed E-state index contributed by atoms with van der Waals surface area (Å²) in [5, 5.41) is 1.83. The summed E-state index contributed by atoms with van der Waals surface area (Å²) in [5.74, 6) is -0.577. The average Bonchev–Trinajstić information content (AvgIpc) is 2.79. The molecule has 0 spiro atoms. The van der Waals surface area contributed by atoms with Gasteiger partial charge in [-0.15, -0.1) is 0 Å². The lowest BCUT2D eigenvalue weighted by molar-refractivity contribution is -0.141. The van der Waals surface area contributed by atoms with Crippen molar-refractivity contribution in [3.05, 3.63) is 0 Å². The third kappa shape index (κ3) is 2.58. The van der Waals surface area contributed by atoms with Crippen LogP contribution in [0.3, 0.4) is 0 Å². The summed E-state index contributed by atoms with van der Waals surface area (Å²) in [6.07, 6.45) is -3.17. The van der Waals surface area contributed by atoms with E-state index in [2.05, 4.69) is 0 Å². The number of nitrogens with two attached hydrogens (primary N) is 1. The van der Waals surface area contributed by atoms with Gasteiger partial charge in [-0.2, -0.15) is 13.2 Å². The van der Waals surface area contributed by atoms with Crippen LogP contribution in [0.5, 0.6) is 0 Å². The summed E-state index contributed by atoms with van der Waals surface area (Å²) >= 11 is 0. The lowest BCUT2D eigenvalue weighted by Crippen LogP contribution is -2.41. The smallest absolute Gasteiger partial charge is 0.346 e. The first kappa shape index (κ1) is 10.3. The van der Waals surface area contributed by atoms with Crippen LogP contribution in [0, 0.1) is 5.41 Å². The Morgan fingerprint density at radius 1 is 1.46 bits per heavy atom. The van der Waals surface area contributed by atoms with Crippen molar-refractivity contribution < 1.29 is 18.0 Å². The second kappa shape index (κ2) is 3.17. The van der Waals surface area contributed by atoms with E-state index >= 15 is 0 Å². The molecule has 1 aliphatic rings. The van der Waals surface area contributed by atoms with Gasteiger partial charge in [0.15, 0.2) is 0 Å². The first-order valence-electron chi connectivity index (χ1n) is 3.95. The maximum atomic E-state index is 11.7. The Hall–Kier alpha value is -0.780. The van der Waals surface area contributed by atoms with Gasteiger partial charge in [-0.1, -0.05) is 0 Å². The summed E-state index contributed by atoms with van der Waals surface area (Å²) in [5.41, 5.74) is 4.56. The van der Waals surface area contributed by atoms with Gasteiger partial charge < -0.3 is 11.1 Å². The molecule has 3 nitrogen and oxygen atoms in total. The summed E-state index contributed by atoms with van der Waals surface area (Å²) < 4.78 is 35.0. The zero-order valence-corrected chi connectivity index (χ0v) is 6.95. The highest BCUT2D eigenvalue weighted by Crippen LogP contribution is 2.44. The minimum Gasteiger partial charge on any atom is -0.346 e. The Balaban J connectivity index is 2.34. The molecular formula is C7H11F3N2O. The molecule has 0 aromatic heterocycles. The predicted molar refractivity (Wildman–Crippen MR) is 39.8 cm³/mol. The van der Waals surface area contributed by atoms with Gasteiger partial charge in [-0.3, -0.25) is 4.79 Å². The van der Waals surface area contributed by atoms with Gasteiger partial charge >= 0.3 is 6.18 Å². The first-order chi connectivity index (χ1) is 5.90. The van der Waals surface area contributed by atoms with Crippen LogP contribution in [0.4, 0.5) is 13.2 Å². The number of carbonyl (C=O) groups is 1. The molecule has 0 heterocycles. The molecule has 0 radical (unpaired) electrons. The summed E-state index contributed by atoms with van der Waals surface area (Å²) in [4.78, 5) is 11.1. The molecule has 0 aromatic carbocycles. The van der Waals surface area contributed by atoms with Crippen LogP contribution in [0.25, 0.3) is 0 Å². The number of hydrogen-bond donors (Lipinski definition) is 2. The first-order valence-corrected chi connectivity index (χ1v) is 3.95. The zero-order valence-electron chi connectivity index (χ0n) is 6.95. The van der Waals surface area contributed by atoms with E-state index in [0.29, 0.717) is 12.8 Å². The SMILES string of the molecule is NCC1(C(=O)NCC(F)(F)F)CC1. The molecule has 6 heteroatoms. The molecule has 1 fully saturated rings. The van der Waals surface area contributed by atoms with E-state index in [1.165, 1.54) is 0 Å². The topological polar surface area (TPSA) is 55.1 Å². The lowest BCUT2D eigenvalue weighted by Gasteiger charge is -2.13. The number of carbonyl (C=O) groups excluding carboxylic acids is 1. The van der Waals surface area contributed by atoms with Crippen LogP contribution in [0.1, 0.15) is 12.8 Å². The van der Waals surface area contributed by atoms with Crippen LogP contribution in [-0.2, 0) is 4.79 Å². The van der Waals surface area contributed by atoms with Gasteiger partial charge in [-0.05, 0) is 12.8 Å². The summed E-state index contributed by atoms with van der Waals surface area (Å²) in [6.45, 7) is -1.15. The van der Waals surface area contributed by atoms with Crippen molar-refractivity contribution in [2.24, 2.45) is 11.1 Å². The molecule has 0 aliphatic heterocycles. The van der Waals surface area contributed by atoms with Crippen molar-refractivity contribution in [1.29, 1.82) is 0 Å². The van der Waals surface area contributed by atoms with Gasteiger partial charge in [-0.25, -0.2) is 0 Å². The van der Waals surface area contributed by atoms with Crippen LogP contribution < -0.4 is 11.1 Å². The Bertz CT molecular complexity index is 210. The second-order valence-electron chi connectivity index (χ2n) is 3.28. The number of halogens is 3. The van der Waals surface area contributed by atoms with Crippen molar-refractivity contribution in [3.63, 3.8) is 0 Å². The number of amides is 1. The molecule has 1 aliphatic carbocycles. The van der Waals surface area contributed by atoms with Crippen molar-refractivity contribution in [1.82, 2.24) is 5.32 Å². The van der Waals surface area contributed by atoms with E-state index in [-0.39, 0.29) is 6.54 Å². The number of nitrogens with one attached hydrogen (secondary N) is 1. The molecule has 76 valence electrons. The fourth-order valence-electron chi connectivity index (χ4n) is 1.04. The molecule has 0 aromatic rings. The highest BCUT2D eigenvalue weighted by molar-refractivity contribution is 5.85. The fourth-order valence-corrected chi connectivity index (χ4v) is 1.04. The van der Waals surface area contributed by atoms with E-state index in [1.54, 1.807) is 0 Å². The molecule has 1 rings (SSSR count). The average molecular weight is 196 g/mol.